The Morgan fingerprint density at radius 1 is 1.50 bits per heavy atom. The molecule has 0 aliphatic carbocycles. The lowest BCUT2D eigenvalue weighted by Gasteiger charge is -2.14. The molecular formula is C13H13N3O3S. The van der Waals surface area contributed by atoms with E-state index >= 15 is 0 Å². The standard InChI is InChI=1S/C13H13N3O3S/c17-12(15-11-3-6-18-16-11)10-2-1-5-14-13(10)19-9-4-7-20-8-9/h1-3,5-6,9H,4,7-8H2,(H,15,16,17)/t9-/m1/s1. The summed E-state index contributed by atoms with van der Waals surface area (Å²) in [5, 5.41) is 6.28. The molecule has 0 bridgehead atoms. The zero-order chi connectivity index (χ0) is 13.8. The van der Waals surface area contributed by atoms with Crippen molar-refractivity contribution in [3.05, 3.63) is 36.2 Å². The number of hydrogen-bond acceptors (Lipinski definition) is 6. The first-order valence-corrected chi connectivity index (χ1v) is 7.39. The van der Waals surface area contributed by atoms with Crippen LogP contribution in [0.3, 0.4) is 0 Å². The SMILES string of the molecule is O=C(Nc1ccon1)c1cccnc1O[C@@H]1CCSC1. The van der Waals surface area contributed by atoms with Gasteiger partial charge in [0, 0.05) is 18.0 Å². The van der Waals surface area contributed by atoms with Gasteiger partial charge >= 0.3 is 0 Å². The maximum Gasteiger partial charge on any atom is 0.262 e. The average molecular weight is 291 g/mol. The molecule has 3 heterocycles. The molecule has 0 unspecified atom stereocenters. The smallest absolute Gasteiger partial charge is 0.262 e. The van der Waals surface area contributed by atoms with E-state index in [4.69, 9.17) is 4.74 Å². The maximum atomic E-state index is 12.2. The Kier molecular flexibility index (Phi) is 3.87. The molecule has 0 spiro atoms. The van der Waals surface area contributed by atoms with Gasteiger partial charge in [0.1, 0.15) is 17.9 Å². The normalized spacial score (nSPS) is 17.9. The highest BCUT2D eigenvalue weighted by Crippen LogP contribution is 2.24. The van der Waals surface area contributed by atoms with Crippen LogP contribution in [0.4, 0.5) is 5.82 Å². The van der Waals surface area contributed by atoms with E-state index in [1.165, 1.54) is 6.26 Å². The third kappa shape index (κ3) is 2.93. The first-order chi connectivity index (χ1) is 9.83. The number of pyridine rings is 1. The predicted molar refractivity (Wildman–Crippen MR) is 75.1 cm³/mol. The topological polar surface area (TPSA) is 77.3 Å². The molecule has 1 saturated heterocycles. The number of ether oxygens (including phenoxy) is 1. The van der Waals surface area contributed by atoms with E-state index in [0.29, 0.717) is 17.3 Å². The van der Waals surface area contributed by atoms with Crippen molar-refractivity contribution in [3.8, 4) is 5.88 Å². The van der Waals surface area contributed by atoms with E-state index < -0.39 is 0 Å². The van der Waals surface area contributed by atoms with Crippen molar-refractivity contribution in [3.63, 3.8) is 0 Å². The molecule has 1 amide bonds. The number of nitrogens with zero attached hydrogens (tertiary/aromatic N) is 2. The number of aromatic nitrogens is 2. The molecule has 1 aliphatic rings. The Labute approximate surface area is 119 Å². The van der Waals surface area contributed by atoms with Crippen LogP contribution >= 0.6 is 11.8 Å². The summed E-state index contributed by atoms with van der Waals surface area (Å²) in [6.45, 7) is 0. The van der Waals surface area contributed by atoms with Crippen LogP contribution in [0.5, 0.6) is 5.88 Å². The van der Waals surface area contributed by atoms with Crippen molar-refractivity contribution in [2.75, 3.05) is 16.8 Å². The third-order valence-corrected chi connectivity index (χ3v) is 3.99. The number of anilines is 1. The molecule has 0 saturated carbocycles. The minimum absolute atomic E-state index is 0.119. The van der Waals surface area contributed by atoms with Gasteiger partial charge in [-0.3, -0.25) is 4.79 Å². The Morgan fingerprint density at radius 2 is 2.45 bits per heavy atom. The summed E-state index contributed by atoms with van der Waals surface area (Å²) in [6, 6.07) is 4.95. The van der Waals surface area contributed by atoms with Gasteiger partial charge in [-0.1, -0.05) is 5.16 Å². The number of nitrogens with one attached hydrogen (secondary N) is 1. The number of rotatable bonds is 4. The van der Waals surface area contributed by atoms with Crippen LogP contribution in [0.2, 0.25) is 0 Å². The summed E-state index contributed by atoms with van der Waals surface area (Å²) in [6.07, 6.45) is 4.11. The quantitative estimate of drug-likeness (QED) is 0.930. The molecule has 20 heavy (non-hydrogen) atoms. The molecular weight excluding hydrogens is 278 g/mol. The number of amides is 1. The lowest BCUT2D eigenvalue weighted by atomic mass is 10.2. The predicted octanol–water partition coefficient (Wildman–Crippen LogP) is 2.21. The second-order valence-corrected chi connectivity index (χ2v) is 5.45. The van der Waals surface area contributed by atoms with Gasteiger partial charge in [0.15, 0.2) is 5.82 Å². The third-order valence-electron chi connectivity index (χ3n) is 2.86. The van der Waals surface area contributed by atoms with Gasteiger partial charge in [-0.05, 0) is 24.3 Å². The zero-order valence-corrected chi connectivity index (χ0v) is 11.4. The van der Waals surface area contributed by atoms with Gasteiger partial charge in [-0.2, -0.15) is 11.8 Å². The summed E-state index contributed by atoms with van der Waals surface area (Å²) >= 11 is 1.84. The van der Waals surface area contributed by atoms with Crippen molar-refractivity contribution < 1.29 is 14.1 Å². The van der Waals surface area contributed by atoms with E-state index in [9.17, 15) is 4.79 Å². The Morgan fingerprint density at radius 3 is 3.20 bits per heavy atom. The zero-order valence-electron chi connectivity index (χ0n) is 10.6. The highest BCUT2D eigenvalue weighted by molar-refractivity contribution is 7.99. The molecule has 2 aromatic rings. The van der Waals surface area contributed by atoms with E-state index in [-0.39, 0.29) is 12.0 Å². The molecule has 0 radical (unpaired) electrons. The first kappa shape index (κ1) is 13.0. The number of carbonyl (C=O) groups is 1. The number of carbonyl (C=O) groups excluding carboxylic acids is 1. The van der Waals surface area contributed by atoms with Crippen LogP contribution in [0.25, 0.3) is 0 Å². The second kappa shape index (κ2) is 5.96. The molecule has 104 valence electrons. The molecule has 1 fully saturated rings. The number of thioether (sulfide) groups is 1. The van der Waals surface area contributed by atoms with Crippen molar-refractivity contribution in [2.24, 2.45) is 0 Å². The first-order valence-electron chi connectivity index (χ1n) is 6.24. The van der Waals surface area contributed by atoms with Crippen LogP contribution < -0.4 is 10.1 Å². The van der Waals surface area contributed by atoms with Crippen molar-refractivity contribution in [1.82, 2.24) is 10.1 Å². The number of hydrogen-bond donors (Lipinski definition) is 1. The molecule has 3 rings (SSSR count). The molecule has 6 nitrogen and oxygen atoms in total. The van der Waals surface area contributed by atoms with Crippen molar-refractivity contribution >= 4 is 23.5 Å². The van der Waals surface area contributed by atoms with Crippen LogP contribution in [-0.4, -0.2) is 33.7 Å². The minimum atomic E-state index is -0.312. The molecule has 1 atom stereocenters. The van der Waals surface area contributed by atoms with E-state index in [1.54, 1.807) is 24.4 Å². The summed E-state index contributed by atoms with van der Waals surface area (Å²) < 4.78 is 10.5. The van der Waals surface area contributed by atoms with Crippen LogP contribution in [0.15, 0.2) is 35.2 Å². The van der Waals surface area contributed by atoms with Gasteiger partial charge < -0.3 is 14.6 Å². The Hall–Kier alpha value is -2.02. The highest BCUT2D eigenvalue weighted by atomic mass is 32.2. The van der Waals surface area contributed by atoms with Gasteiger partial charge in [0.2, 0.25) is 5.88 Å². The summed E-state index contributed by atoms with van der Waals surface area (Å²) in [5.74, 6) is 2.42. The fourth-order valence-corrected chi connectivity index (χ4v) is 2.98. The van der Waals surface area contributed by atoms with Crippen molar-refractivity contribution in [2.45, 2.75) is 12.5 Å². The second-order valence-electron chi connectivity index (χ2n) is 4.30. The van der Waals surface area contributed by atoms with Crippen LogP contribution in [0.1, 0.15) is 16.8 Å². The van der Waals surface area contributed by atoms with Crippen molar-refractivity contribution in [1.29, 1.82) is 0 Å². The molecule has 2 aromatic heterocycles. The molecule has 1 N–H and O–H groups in total. The molecule has 1 aliphatic heterocycles. The fourth-order valence-electron chi connectivity index (χ4n) is 1.88. The maximum absolute atomic E-state index is 12.2. The van der Waals surface area contributed by atoms with Gasteiger partial charge in [0.05, 0.1) is 0 Å². The largest absolute Gasteiger partial charge is 0.473 e. The summed E-state index contributed by atoms with van der Waals surface area (Å²) in [5.41, 5.74) is 0.396. The van der Waals surface area contributed by atoms with Crippen LogP contribution in [0, 0.1) is 0 Å². The average Bonchev–Trinajstić information content (AvgIpc) is 3.13. The highest BCUT2D eigenvalue weighted by Gasteiger charge is 2.21. The van der Waals surface area contributed by atoms with E-state index in [2.05, 4.69) is 20.0 Å². The van der Waals surface area contributed by atoms with Gasteiger partial charge in [-0.15, -0.1) is 0 Å². The lowest BCUT2D eigenvalue weighted by molar-refractivity contribution is 0.101. The van der Waals surface area contributed by atoms with Gasteiger partial charge in [0.25, 0.3) is 5.91 Å². The Bertz CT molecular complexity index is 582. The van der Waals surface area contributed by atoms with Gasteiger partial charge in [-0.25, -0.2) is 4.98 Å². The monoisotopic (exact) mass is 291 g/mol. The Balaban J connectivity index is 1.76. The minimum Gasteiger partial charge on any atom is -0.473 e. The summed E-state index contributed by atoms with van der Waals surface area (Å²) in [4.78, 5) is 16.3. The molecule has 0 aromatic carbocycles. The summed E-state index contributed by atoms with van der Waals surface area (Å²) in [7, 11) is 0. The van der Waals surface area contributed by atoms with E-state index in [1.807, 2.05) is 11.8 Å². The lowest BCUT2D eigenvalue weighted by Crippen LogP contribution is -2.20. The molecule has 7 heteroatoms. The van der Waals surface area contributed by atoms with E-state index in [0.717, 1.165) is 17.9 Å². The fraction of sp³-hybridized carbons (Fsp3) is 0.308. The van der Waals surface area contributed by atoms with Crippen LogP contribution in [-0.2, 0) is 0 Å².